The molecule has 2 aromatic carbocycles. The molecular formula is C25H32O2. The van der Waals surface area contributed by atoms with E-state index in [-0.39, 0.29) is 5.92 Å². The molecule has 27 heavy (non-hydrogen) atoms. The monoisotopic (exact) mass is 364 g/mol. The molecule has 1 aliphatic carbocycles. The largest absolute Gasteiger partial charge is 0.494 e. The molecule has 0 spiro atoms. The van der Waals surface area contributed by atoms with Crippen molar-refractivity contribution in [2.24, 2.45) is 5.92 Å². The highest BCUT2D eigenvalue weighted by Crippen LogP contribution is 2.35. The second-order valence-corrected chi connectivity index (χ2v) is 7.78. The van der Waals surface area contributed by atoms with Crippen molar-refractivity contribution < 1.29 is 9.53 Å². The molecule has 2 heteroatoms. The minimum absolute atomic E-state index is 0.0979. The van der Waals surface area contributed by atoms with Gasteiger partial charge in [-0.05, 0) is 54.0 Å². The van der Waals surface area contributed by atoms with Gasteiger partial charge in [-0.3, -0.25) is 4.79 Å². The molecule has 0 N–H and O–H groups in total. The topological polar surface area (TPSA) is 26.3 Å². The molecule has 0 amide bonds. The lowest BCUT2D eigenvalue weighted by molar-refractivity contribution is -0.123. The van der Waals surface area contributed by atoms with Crippen LogP contribution < -0.4 is 4.74 Å². The standard InChI is InChI=1S/C25H32O2/c1-3-5-6-17-27-23-14-12-21(13-15-23)20-8-10-22(11-9-20)24-16-7-19(4-2)18-25(24)26/h8-15,19,24H,3-7,16-18H2,1-2H3. The van der Waals surface area contributed by atoms with Crippen LogP contribution in [0.4, 0.5) is 0 Å². The Balaban J connectivity index is 1.61. The molecule has 0 aliphatic heterocycles. The van der Waals surface area contributed by atoms with Crippen molar-refractivity contribution in [1.29, 1.82) is 0 Å². The molecule has 0 saturated heterocycles. The fraction of sp³-hybridized carbons (Fsp3) is 0.480. The van der Waals surface area contributed by atoms with E-state index in [1.807, 2.05) is 12.1 Å². The zero-order valence-electron chi connectivity index (χ0n) is 16.7. The average Bonchev–Trinajstić information content (AvgIpc) is 2.72. The smallest absolute Gasteiger partial charge is 0.140 e. The summed E-state index contributed by atoms with van der Waals surface area (Å²) >= 11 is 0. The summed E-state index contributed by atoms with van der Waals surface area (Å²) in [4.78, 5) is 12.5. The van der Waals surface area contributed by atoms with Crippen LogP contribution >= 0.6 is 0 Å². The maximum Gasteiger partial charge on any atom is 0.140 e. The minimum atomic E-state index is 0.0979. The van der Waals surface area contributed by atoms with Crippen molar-refractivity contribution in [2.45, 2.75) is 64.7 Å². The molecule has 0 bridgehead atoms. The van der Waals surface area contributed by atoms with Crippen molar-refractivity contribution in [3.05, 3.63) is 54.1 Å². The van der Waals surface area contributed by atoms with E-state index in [1.165, 1.54) is 36.0 Å². The highest BCUT2D eigenvalue weighted by Gasteiger charge is 2.28. The summed E-state index contributed by atoms with van der Waals surface area (Å²) in [7, 11) is 0. The molecule has 0 aromatic heterocycles. The van der Waals surface area contributed by atoms with Crippen LogP contribution in [0.5, 0.6) is 5.75 Å². The van der Waals surface area contributed by atoms with Gasteiger partial charge in [-0.1, -0.05) is 69.5 Å². The molecule has 1 saturated carbocycles. The Hall–Kier alpha value is -2.09. The summed E-state index contributed by atoms with van der Waals surface area (Å²) in [5, 5.41) is 0. The van der Waals surface area contributed by atoms with Gasteiger partial charge in [0.15, 0.2) is 0 Å². The highest BCUT2D eigenvalue weighted by atomic mass is 16.5. The molecule has 2 unspecified atom stereocenters. The Morgan fingerprint density at radius 3 is 2.15 bits per heavy atom. The summed E-state index contributed by atoms with van der Waals surface area (Å²) in [6.07, 6.45) is 7.59. The van der Waals surface area contributed by atoms with Gasteiger partial charge in [0.2, 0.25) is 0 Å². The van der Waals surface area contributed by atoms with Crippen LogP contribution in [0.25, 0.3) is 11.1 Å². The van der Waals surface area contributed by atoms with Gasteiger partial charge in [-0.25, -0.2) is 0 Å². The van der Waals surface area contributed by atoms with Gasteiger partial charge in [0, 0.05) is 12.3 Å². The van der Waals surface area contributed by atoms with Gasteiger partial charge in [0.25, 0.3) is 0 Å². The molecule has 1 fully saturated rings. The molecule has 2 atom stereocenters. The number of ketones is 1. The quantitative estimate of drug-likeness (QED) is 0.482. The highest BCUT2D eigenvalue weighted by molar-refractivity contribution is 5.86. The molecule has 2 aromatic rings. The second-order valence-electron chi connectivity index (χ2n) is 7.78. The van der Waals surface area contributed by atoms with Crippen molar-refractivity contribution >= 4 is 5.78 Å². The predicted molar refractivity (Wildman–Crippen MR) is 112 cm³/mol. The van der Waals surface area contributed by atoms with Crippen molar-refractivity contribution in [3.8, 4) is 16.9 Å². The predicted octanol–water partition coefficient (Wildman–Crippen LogP) is 6.79. The molecular weight excluding hydrogens is 332 g/mol. The number of rotatable bonds is 8. The van der Waals surface area contributed by atoms with Crippen LogP contribution in [0.2, 0.25) is 0 Å². The Labute approximate surface area is 164 Å². The zero-order valence-corrected chi connectivity index (χ0v) is 16.7. The first kappa shape index (κ1) is 19.7. The third kappa shape index (κ3) is 5.22. The Morgan fingerprint density at radius 1 is 0.889 bits per heavy atom. The summed E-state index contributed by atoms with van der Waals surface area (Å²) in [6.45, 7) is 5.18. The number of carbonyl (C=O) groups is 1. The lowest BCUT2D eigenvalue weighted by Gasteiger charge is -2.27. The van der Waals surface area contributed by atoms with Crippen molar-refractivity contribution in [2.75, 3.05) is 6.61 Å². The summed E-state index contributed by atoms with van der Waals surface area (Å²) in [5.74, 6) is 2.05. The first-order valence-corrected chi connectivity index (χ1v) is 10.6. The zero-order chi connectivity index (χ0) is 19.1. The summed E-state index contributed by atoms with van der Waals surface area (Å²) in [5.41, 5.74) is 3.55. The van der Waals surface area contributed by atoms with E-state index >= 15 is 0 Å². The number of carbonyl (C=O) groups excluding carboxylic acids is 1. The molecule has 1 aliphatic rings. The minimum Gasteiger partial charge on any atom is -0.494 e. The lowest BCUT2D eigenvalue weighted by atomic mass is 9.77. The Bertz CT molecular complexity index is 715. The number of benzene rings is 2. The van der Waals surface area contributed by atoms with Gasteiger partial charge in [0.05, 0.1) is 6.61 Å². The maximum absolute atomic E-state index is 12.5. The normalized spacial score (nSPS) is 19.9. The van der Waals surface area contributed by atoms with E-state index < -0.39 is 0 Å². The van der Waals surface area contributed by atoms with Gasteiger partial charge < -0.3 is 4.74 Å². The second kappa shape index (κ2) is 9.73. The molecule has 0 heterocycles. The Morgan fingerprint density at radius 2 is 1.56 bits per heavy atom. The maximum atomic E-state index is 12.5. The first-order chi connectivity index (χ1) is 13.2. The van der Waals surface area contributed by atoms with Crippen LogP contribution in [0, 0.1) is 5.92 Å². The number of ether oxygens (including phenoxy) is 1. The van der Waals surface area contributed by atoms with Crippen LogP contribution in [0.3, 0.4) is 0 Å². The molecule has 3 rings (SSSR count). The average molecular weight is 365 g/mol. The SMILES string of the molecule is CCCCCOc1ccc(-c2ccc(C3CCC(CC)CC3=O)cc2)cc1. The first-order valence-electron chi connectivity index (χ1n) is 10.6. The van der Waals surface area contributed by atoms with E-state index in [2.05, 4.69) is 50.2 Å². The van der Waals surface area contributed by atoms with Crippen LogP contribution in [0.1, 0.15) is 70.3 Å². The Kier molecular flexibility index (Phi) is 7.09. The lowest BCUT2D eigenvalue weighted by Crippen LogP contribution is -2.23. The third-order valence-corrected chi connectivity index (χ3v) is 5.84. The van der Waals surface area contributed by atoms with Crippen LogP contribution in [0.15, 0.2) is 48.5 Å². The number of hydrogen-bond acceptors (Lipinski definition) is 2. The van der Waals surface area contributed by atoms with Gasteiger partial charge in [0.1, 0.15) is 11.5 Å². The molecule has 144 valence electrons. The van der Waals surface area contributed by atoms with Gasteiger partial charge >= 0.3 is 0 Å². The summed E-state index contributed by atoms with van der Waals surface area (Å²) in [6, 6.07) is 16.9. The number of Topliss-reactive ketones (excluding diaryl/α,β-unsaturated/α-hetero) is 1. The van der Waals surface area contributed by atoms with E-state index in [4.69, 9.17) is 4.74 Å². The van der Waals surface area contributed by atoms with Crippen LogP contribution in [-0.2, 0) is 4.79 Å². The fourth-order valence-corrected chi connectivity index (χ4v) is 3.99. The van der Waals surface area contributed by atoms with E-state index in [9.17, 15) is 4.79 Å². The molecule has 2 nitrogen and oxygen atoms in total. The number of hydrogen-bond donors (Lipinski definition) is 0. The fourth-order valence-electron chi connectivity index (χ4n) is 3.99. The van der Waals surface area contributed by atoms with E-state index in [0.717, 1.165) is 38.0 Å². The van der Waals surface area contributed by atoms with Crippen molar-refractivity contribution in [1.82, 2.24) is 0 Å². The van der Waals surface area contributed by atoms with Gasteiger partial charge in [-0.2, -0.15) is 0 Å². The number of unbranched alkanes of at least 4 members (excludes halogenated alkanes) is 2. The van der Waals surface area contributed by atoms with Gasteiger partial charge in [-0.15, -0.1) is 0 Å². The molecule has 0 radical (unpaired) electrons. The van der Waals surface area contributed by atoms with E-state index in [1.54, 1.807) is 0 Å². The van der Waals surface area contributed by atoms with Crippen LogP contribution in [-0.4, -0.2) is 12.4 Å². The van der Waals surface area contributed by atoms with E-state index in [0.29, 0.717) is 11.7 Å². The van der Waals surface area contributed by atoms with Crippen molar-refractivity contribution in [3.63, 3.8) is 0 Å². The summed E-state index contributed by atoms with van der Waals surface area (Å²) < 4.78 is 5.79. The third-order valence-electron chi connectivity index (χ3n) is 5.84.